The molecular formula is C13H22N2S. The molecule has 1 aromatic rings. The minimum Gasteiger partial charge on any atom is -0.298 e. The zero-order valence-electron chi connectivity index (χ0n) is 10.8. The number of thiazole rings is 1. The third kappa shape index (κ3) is 2.64. The maximum Gasteiger partial charge on any atom is 0.0984 e. The Labute approximate surface area is 103 Å². The van der Waals surface area contributed by atoms with Gasteiger partial charge in [0.25, 0.3) is 0 Å². The molecule has 0 aliphatic carbocycles. The molecule has 0 bridgehead atoms. The van der Waals surface area contributed by atoms with Crippen molar-refractivity contribution >= 4 is 11.3 Å². The molecule has 16 heavy (non-hydrogen) atoms. The van der Waals surface area contributed by atoms with Crippen molar-refractivity contribution in [3.63, 3.8) is 0 Å². The van der Waals surface area contributed by atoms with Crippen molar-refractivity contribution in [2.24, 2.45) is 0 Å². The number of hydrogen-bond acceptors (Lipinski definition) is 3. The van der Waals surface area contributed by atoms with Gasteiger partial charge in [0, 0.05) is 16.8 Å². The zero-order chi connectivity index (χ0) is 11.8. The molecular weight excluding hydrogens is 216 g/mol. The largest absolute Gasteiger partial charge is 0.298 e. The van der Waals surface area contributed by atoms with Gasteiger partial charge in [0.05, 0.1) is 10.7 Å². The van der Waals surface area contributed by atoms with E-state index in [1.807, 2.05) is 11.3 Å². The maximum atomic E-state index is 4.72. The van der Waals surface area contributed by atoms with Gasteiger partial charge in [-0.25, -0.2) is 4.98 Å². The average Bonchev–Trinajstić information content (AvgIpc) is 2.76. The lowest BCUT2D eigenvalue weighted by Gasteiger charge is -2.14. The van der Waals surface area contributed by atoms with Crippen LogP contribution in [0.25, 0.3) is 0 Å². The molecule has 1 saturated heterocycles. The van der Waals surface area contributed by atoms with E-state index in [4.69, 9.17) is 4.98 Å². The minimum absolute atomic E-state index is 0.193. The van der Waals surface area contributed by atoms with Crippen molar-refractivity contribution in [2.75, 3.05) is 13.1 Å². The predicted molar refractivity (Wildman–Crippen MR) is 70.1 cm³/mol. The highest BCUT2D eigenvalue weighted by molar-refractivity contribution is 7.11. The standard InChI is InChI=1S/C13H22N2S/c1-10-11(9-15-7-5-6-8-15)16-12(14-10)13(2,3)4/h5-9H2,1-4H3. The third-order valence-electron chi connectivity index (χ3n) is 3.10. The Morgan fingerprint density at radius 3 is 2.38 bits per heavy atom. The van der Waals surface area contributed by atoms with Crippen molar-refractivity contribution in [2.45, 2.75) is 52.5 Å². The molecule has 0 amide bonds. The van der Waals surface area contributed by atoms with Crippen molar-refractivity contribution in [3.8, 4) is 0 Å². The first-order chi connectivity index (χ1) is 7.47. The van der Waals surface area contributed by atoms with E-state index in [1.54, 1.807) is 0 Å². The Bertz CT molecular complexity index is 356. The molecule has 3 heteroatoms. The fraction of sp³-hybridized carbons (Fsp3) is 0.769. The Morgan fingerprint density at radius 2 is 1.88 bits per heavy atom. The van der Waals surface area contributed by atoms with Crippen molar-refractivity contribution in [1.82, 2.24) is 9.88 Å². The second-order valence-electron chi connectivity index (χ2n) is 5.76. The molecule has 90 valence electrons. The number of hydrogen-bond donors (Lipinski definition) is 0. The van der Waals surface area contributed by atoms with Gasteiger partial charge in [-0.1, -0.05) is 20.8 Å². The smallest absolute Gasteiger partial charge is 0.0984 e. The second-order valence-corrected chi connectivity index (χ2v) is 6.84. The van der Waals surface area contributed by atoms with Gasteiger partial charge < -0.3 is 0 Å². The predicted octanol–water partition coefficient (Wildman–Crippen LogP) is 3.34. The van der Waals surface area contributed by atoms with Crippen LogP contribution < -0.4 is 0 Å². The van der Waals surface area contributed by atoms with Gasteiger partial charge in [0.2, 0.25) is 0 Å². The SMILES string of the molecule is Cc1nc(C(C)(C)C)sc1CN1CCCC1. The van der Waals surface area contributed by atoms with Crippen LogP contribution in [0, 0.1) is 6.92 Å². The monoisotopic (exact) mass is 238 g/mol. The van der Waals surface area contributed by atoms with E-state index >= 15 is 0 Å². The maximum absolute atomic E-state index is 4.72. The molecule has 0 radical (unpaired) electrons. The first-order valence-electron chi connectivity index (χ1n) is 6.16. The second kappa shape index (κ2) is 4.46. The molecule has 1 fully saturated rings. The van der Waals surface area contributed by atoms with Crippen LogP contribution in [0.2, 0.25) is 0 Å². The fourth-order valence-electron chi connectivity index (χ4n) is 2.04. The highest BCUT2D eigenvalue weighted by atomic mass is 32.1. The topological polar surface area (TPSA) is 16.1 Å². The van der Waals surface area contributed by atoms with Crippen molar-refractivity contribution in [1.29, 1.82) is 0 Å². The van der Waals surface area contributed by atoms with Crippen molar-refractivity contribution in [3.05, 3.63) is 15.6 Å². The number of aryl methyl sites for hydroxylation is 1. The van der Waals surface area contributed by atoms with Crippen molar-refractivity contribution < 1.29 is 0 Å². The molecule has 1 aromatic heterocycles. The summed E-state index contributed by atoms with van der Waals surface area (Å²) in [5.41, 5.74) is 1.43. The molecule has 0 saturated carbocycles. The Balaban J connectivity index is 2.12. The Morgan fingerprint density at radius 1 is 1.25 bits per heavy atom. The summed E-state index contributed by atoms with van der Waals surface area (Å²) in [6, 6.07) is 0. The van der Waals surface area contributed by atoms with Crippen LogP contribution in [0.5, 0.6) is 0 Å². The lowest BCUT2D eigenvalue weighted by molar-refractivity contribution is 0.333. The summed E-state index contributed by atoms with van der Waals surface area (Å²) in [7, 11) is 0. The summed E-state index contributed by atoms with van der Waals surface area (Å²) < 4.78 is 0. The minimum atomic E-state index is 0.193. The summed E-state index contributed by atoms with van der Waals surface area (Å²) in [5.74, 6) is 0. The molecule has 2 heterocycles. The van der Waals surface area contributed by atoms with Crippen LogP contribution in [0.4, 0.5) is 0 Å². The molecule has 2 rings (SSSR count). The summed E-state index contributed by atoms with van der Waals surface area (Å²) in [6.45, 7) is 12.5. The van der Waals surface area contributed by atoms with E-state index in [2.05, 4.69) is 32.6 Å². The normalized spacial score (nSPS) is 18.2. The summed E-state index contributed by atoms with van der Waals surface area (Å²) in [5, 5.41) is 1.28. The molecule has 2 nitrogen and oxygen atoms in total. The van der Waals surface area contributed by atoms with Gasteiger partial charge in [-0.15, -0.1) is 11.3 Å². The van der Waals surface area contributed by atoms with E-state index in [0.717, 1.165) is 6.54 Å². The zero-order valence-corrected chi connectivity index (χ0v) is 11.7. The lowest BCUT2D eigenvalue weighted by atomic mass is 9.98. The molecule has 0 N–H and O–H groups in total. The Kier molecular flexibility index (Phi) is 3.36. The quantitative estimate of drug-likeness (QED) is 0.785. The van der Waals surface area contributed by atoms with Gasteiger partial charge in [-0.3, -0.25) is 4.90 Å². The summed E-state index contributed by atoms with van der Waals surface area (Å²) in [4.78, 5) is 8.73. The van der Waals surface area contributed by atoms with E-state index < -0.39 is 0 Å². The molecule has 0 unspecified atom stereocenters. The molecule has 0 spiro atoms. The summed E-state index contributed by atoms with van der Waals surface area (Å²) >= 11 is 1.90. The highest BCUT2D eigenvalue weighted by Gasteiger charge is 2.21. The van der Waals surface area contributed by atoms with E-state index in [-0.39, 0.29) is 5.41 Å². The van der Waals surface area contributed by atoms with Crippen LogP contribution in [0.3, 0.4) is 0 Å². The van der Waals surface area contributed by atoms with Crippen LogP contribution >= 0.6 is 11.3 Å². The number of aromatic nitrogens is 1. The number of likely N-dealkylation sites (tertiary alicyclic amines) is 1. The molecule has 1 aliphatic rings. The van der Waals surface area contributed by atoms with E-state index in [1.165, 1.54) is 41.5 Å². The highest BCUT2D eigenvalue weighted by Crippen LogP contribution is 2.30. The van der Waals surface area contributed by atoms with Crippen LogP contribution in [0.1, 0.15) is 49.2 Å². The summed E-state index contributed by atoms with van der Waals surface area (Å²) in [6.07, 6.45) is 2.73. The van der Waals surface area contributed by atoms with E-state index in [0.29, 0.717) is 0 Å². The fourth-order valence-corrected chi connectivity index (χ4v) is 3.20. The molecule has 0 aromatic carbocycles. The van der Waals surface area contributed by atoms with Crippen LogP contribution in [0.15, 0.2) is 0 Å². The van der Waals surface area contributed by atoms with Gasteiger partial charge in [0.1, 0.15) is 0 Å². The Hall–Kier alpha value is -0.410. The van der Waals surface area contributed by atoms with Gasteiger partial charge in [0.15, 0.2) is 0 Å². The molecule has 1 aliphatic heterocycles. The number of rotatable bonds is 2. The molecule has 0 atom stereocenters. The van der Waals surface area contributed by atoms with Crippen LogP contribution in [-0.4, -0.2) is 23.0 Å². The number of nitrogens with zero attached hydrogens (tertiary/aromatic N) is 2. The lowest BCUT2D eigenvalue weighted by Crippen LogP contribution is -2.18. The van der Waals surface area contributed by atoms with Gasteiger partial charge in [-0.2, -0.15) is 0 Å². The average molecular weight is 238 g/mol. The van der Waals surface area contributed by atoms with Gasteiger partial charge >= 0.3 is 0 Å². The first-order valence-corrected chi connectivity index (χ1v) is 6.97. The van der Waals surface area contributed by atoms with Crippen LogP contribution in [-0.2, 0) is 12.0 Å². The third-order valence-corrected chi connectivity index (χ3v) is 4.67. The van der Waals surface area contributed by atoms with Gasteiger partial charge in [-0.05, 0) is 32.9 Å². The van der Waals surface area contributed by atoms with E-state index in [9.17, 15) is 0 Å². The first kappa shape index (κ1) is 12.1.